The molecule has 0 amide bonds. The average Bonchev–Trinajstić information content (AvgIpc) is 1.63. The monoisotopic (exact) mass is 1550 g/mol. The molecular weight excluding hydrogens is 1400 g/mol. The van der Waals surface area contributed by atoms with E-state index in [0.717, 1.165) is 72.5 Å². The molecule has 1 fully saturated rings. The Morgan fingerprint density at radius 2 is 0.707 bits per heavy atom. The van der Waals surface area contributed by atoms with Crippen molar-refractivity contribution in [3.05, 3.63) is 342 Å². The van der Waals surface area contributed by atoms with E-state index >= 15 is 0 Å². The average molecular weight is 1550 g/mol. The molecule has 3 heteroatoms. The summed E-state index contributed by atoms with van der Waals surface area (Å²) in [5, 5.41) is 6.82. The molecule has 0 unspecified atom stereocenters. The number of fused-ring (bicyclic) bond motifs is 3. The largest absolute Gasteiger partial charge is 0.361 e. The lowest BCUT2D eigenvalue weighted by molar-refractivity contribution is 0.305. The molecule has 0 saturated heterocycles. The lowest BCUT2D eigenvalue weighted by atomic mass is 9.84. The van der Waals surface area contributed by atoms with Crippen LogP contribution < -0.4 is 0 Å². The standard InChI is InChI=1S/C17H20.C16H18.2C14H16.C12H15N.C12H18.C11H16.C10H20.C7H12N2/c1-14(2)8-9-15-10-12-17(13-11-15)16-6-4-3-5-7-16;1-13(2)12-14-8-10-16(11-9-14)15-6-4-3-5-7-15;1-11(2)10-13-8-5-7-12-6-3-4-9-14(12)13;1-11(2)9-12-7-8-13-5-3-4-6-14(13)10-12;1-9(2)7-10-8-13-12-6-4-3-5-11(10)12;1-10(2)4-7-12-8-5-11(3)6-9-12;1-10(2)8-9-11-6-4-3-5-7-11;1-9(2)8-10-6-4-3-5-7-10;1-6(2)3-7-4-8-5-9-7/h3-7,10-14H,8-9H2,1-2H3;3-11,13H,12H2,1-2H3;3-9,11H,10H2,1-2H3;3-8,10-11H,9H2,1-2H3;3-6,8-9,13H,7H2,1-2H3;5-6,8-10H,4,7H2,1-3H3;3-7,10H,8-9H2,1-2H3;9-10H,3-8H2,1-2H3;4-6H,3H2,1-2H3,(H,8,9). The fourth-order valence-electron chi connectivity index (χ4n) is 14.6. The van der Waals surface area contributed by atoms with Crippen LogP contribution in [-0.2, 0) is 51.4 Å². The first kappa shape index (κ1) is 95.5. The highest BCUT2D eigenvalue weighted by Gasteiger charge is 2.14. The van der Waals surface area contributed by atoms with Crippen LogP contribution in [0.2, 0.25) is 0 Å². The van der Waals surface area contributed by atoms with Crippen LogP contribution in [0.15, 0.2) is 292 Å². The smallest absolute Gasteiger partial charge is 0.0921 e. The number of imidazole rings is 1. The van der Waals surface area contributed by atoms with Crippen molar-refractivity contribution < 1.29 is 0 Å². The molecule has 11 aromatic carbocycles. The second-order valence-electron chi connectivity index (χ2n) is 36.3. The van der Waals surface area contributed by atoms with Gasteiger partial charge in [-0.3, -0.25) is 0 Å². The Balaban J connectivity index is 0.000000204. The predicted molar refractivity (Wildman–Crippen MR) is 514 cm³/mol. The lowest BCUT2D eigenvalue weighted by Gasteiger charge is -2.22. The first-order chi connectivity index (χ1) is 55.8. The van der Waals surface area contributed by atoms with Crippen LogP contribution in [0, 0.1) is 66.1 Å². The van der Waals surface area contributed by atoms with Gasteiger partial charge < -0.3 is 9.97 Å². The van der Waals surface area contributed by atoms with Gasteiger partial charge in [-0.2, -0.15) is 0 Å². The van der Waals surface area contributed by atoms with Crippen molar-refractivity contribution in [2.75, 3.05) is 0 Å². The number of rotatable bonds is 23. The summed E-state index contributed by atoms with van der Waals surface area (Å²) in [6.07, 6.45) is 28.0. The van der Waals surface area contributed by atoms with Gasteiger partial charge >= 0.3 is 0 Å². The van der Waals surface area contributed by atoms with Gasteiger partial charge in [-0.1, -0.05) is 429 Å². The predicted octanol–water partition coefficient (Wildman–Crippen LogP) is 33.0. The Morgan fingerprint density at radius 1 is 0.302 bits per heavy atom. The van der Waals surface area contributed by atoms with E-state index in [0.29, 0.717) is 5.92 Å². The van der Waals surface area contributed by atoms with Crippen LogP contribution in [0.25, 0.3) is 54.7 Å². The molecular formula is C113H151N3. The number of aryl methyl sites for hydroxylation is 4. The molecule has 0 spiro atoms. The van der Waals surface area contributed by atoms with Crippen molar-refractivity contribution in [3.63, 3.8) is 0 Å². The molecule has 1 aliphatic rings. The highest BCUT2D eigenvalue weighted by Crippen LogP contribution is 2.30. The maximum absolute atomic E-state index is 3.92. The Bertz CT molecular complexity index is 4570. The summed E-state index contributed by atoms with van der Waals surface area (Å²) in [7, 11) is 0. The third kappa shape index (κ3) is 40.0. The molecule has 116 heavy (non-hydrogen) atoms. The Morgan fingerprint density at radius 3 is 1.20 bits per heavy atom. The summed E-state index contributed by atoms with van der Waals surface area (Å²) in [5.41, 5.74) is 19.2. The number of aromatic amines is 2. The van der Waals surface area contributed by atoms with Crippen molar-refractivity contribution in [1.82, 2.24) is 15.0 Å². The van der Waals surface area contributed by atoms with Crippen LogP contribution in [-0.4, -0.2) is 15.0 Å². The molecule has 14 rings (SSSR count). The summed E-state index contributed by atoms with van der Waals surface area (Å²) in [6, 6.07) is 97.4. The zero-order valence-electron chi connectivity index (χ0n) is 75.5. The third-order valence-electron chi connectivity index (χ3n) is 20.7. The number of aromatic nitrogens is 3. The summed E-state index contributed by atoms with van der Waals surface area (Å²) >= 11 is 0. The molecule has 0 radical (unpaired) electrons. The van der Waals surface area contributed by atoms with Crippen molar-refractivity contribution in [1.29, 1.82) is 0 Å². The second-order valence-corrected chi connectivity index (χ2v) is 36.3. The summed E-state index contributed by atoms with van der Waals surface area (Å²) in [5.74, 6) is 8.02. The van der Waals surface area contributed by atoms with E-state index in [-0.39, 0.29) is 0 Å². The number of nitrogens with zero attached hydrogens (tertiary/aromatic N) is 1. The maximum Gasteiger partial charge on any atom is 0.0921 e. The normalized spacial score (nSPS) is 11.8. The van der Waals surface area contributed by atoms with E-state index in [1.165, 1.54) is 195 Å². The van der Waals surface area contributed by atoms with E-state index in [2.05, 4.69) is 426 Å². The molecule has 618 valence electrons. The van der Waals surface area contributed by atoms with Crippen molar-refractivity contribution >= 4 is 32.4 Å². The quantitative estimate of drug-likeness (QED) is 0.0659. The molecule has 1 saturated carbocycles. The minimum absolute atomic E-state index is 0.713. The minimum atomic E-state index is 0.713. The summed E-state index contributed by atoms with van der Waals surface area (Å²) < 4.78 is 0. The van der Waals surface area contributed by atoms with E-state index in [1.807, 2.05) is 6.20 Å². The molecule has 2 aromatic heterocycles. The van der Waals surface area contributed by atoms with E-state index in [1.54, 1.807) is 6.33 Å². The van der Waals surface area contributed by atoms with E-state index in [4.69, 9.17) is 0 Å². The maximum atomic E-state index is 3.92. The number of para-hydroxylation sites is 1. The number of nitrogens with one attached hydrogen (secondary N) is 2. The first-order valence-corrected chi connectivity index (χ1v) is 44.7. The molecule has 3 nitrogen and oxygen atoms in total. The fraction of sp³-hybridized carbons (Fsp3) is 0.407. The minimum Gasteiger partial charge on any atom is -0.361 e. The zero-order chi connectivity index (χ0) is 83.8. The molecule has 13 aromatic rings. The molecule has 0 atom stereocenters. The van der Waals surface area contributed by atoms with Gasteiger partial charge in [0.25, 0.3) is 0 Å². The topological polar surface area (TPSA) is 44.5 Å². The molecule has 2 heterocycles. The molecule has 0 aliphatic heterocycles. The van der Waals surface area contributed by atoms with Gasteiger partial charge in [0.15, 0.2) is 0 Å². The van der Waals surface area contributed by atoms with Gasteiger partial charge in [0.2, 0.25) is 0 Å². The van der Waals surface area contributed by atoms with E-state index in [9.17, 15) is 0 Å². The Labute approximate surface area is 706 Å². The summed E-state index contributed by atoms with van der Waals surface area (Å²) in [4.78, 5) is 10.3. The van der Waals surface area contributed by atoms with Crippen molar-refractivity contribution in [2.45, 2.75) is 241 Å². The number of benzene rings is 11. The molecule has 1 aliphatic carbocycles. The van der Waals surface area contributed by atoms with Gasteiger partial charge in [-0.05, 0) is 232 Å². The van der Waals surface area contributed by atoms with Crippen molar-refractivity contribution in [3.8, 4) is 22.3 Å². The van der Waals surface area contributed by atoms with Crippen LogP contribution in [0.4, 0.5) is 0 Å². The summed E-state index contributed by atoms with van der Waals surface area (Å²) in [6.45, 7) is 42.9. The number of hydrogen-bond donors (Lipinski definition) is 2. The molecule has 0 bridgehead atoms. The van der Waals surface area contributed by atoms with Crippen LogP contribution in [0.5, 0.6) is 0 Å². The van der Waals surface area contributed by atoms with Crippen molar-refractivity contribution in [2.24, 2.45) is 59.2 Å². The zero-order valence-corrected chi connectivity index (χ0v) is 75.5. The Hall–Kier alpha value is -9.31. The third-order valence-corrected chi connectivity index (χ3v) is 20.7. The van der Waals surface area contributed by atoms with Gasteiger partial charge in [0, 0.05) is 29.0 Å². The number of H-pyrrole nitrogens is 2. The first-order valence-electron chi connectivity index (χ1n) is 44.7. The van der Waals surface area contributed by atoms with Gasteiger partial charge in [0.1, 0.15) is 0 Å². The number of hydrogen-bond acceptors (Lipinski definition) is 1. The van der Waals surface area contributed by atoms with Gasteiger partial charge in [-0.15, -0.1) is 0 Å². The highest BCUT2D eigenvalue weighted by atomic mass is 14.9. The Kier molecular flexibility index (Phi) is 44.9. The molecule has 2 N–H and O–H groups in total. The SMILES string of the molecule is CC(C)CC1CCCCC1.CC(C)CCc1ccc(-c2ccccc2)cc1.CC(C)CCc1ccccc1.CC(C)Cc1c[nH]c2ccccc12.CC(C)Cc1ccc(-c2ccccc2)cc1.CC(C)Cc1ccc2ccccc2c1.CC(C)Cc1cccc2ccccc12.CC(C)Cc1cnc[nH]1.Cc1ccc(CCC(C)C)cc1. The van der Waals surface area contributed by atoms with Gasteiger partial charge in [-0.25, -0.2) is 4.98 Å². The lowest BCUT2D eigenvalue weighted by Crippen LogP contribution is -2.08. The van der Waals surface area contributed by atoms with Crippen LogP contribution >= 0.6 is 0 Å². The van der Waals surface area contributed by atoms with Crippen LogP contribution in [0.1, 0.15) is 233 Å². The second kappa shape index (κ2) is 54.6. The van der Waals surface area contributed by atoms with Gasteiger partial charge in [0.05, 0.1) is 6.33 Å². The fourth-order valence-corrected chi connectivity index (χ4v) is 14.6. The van der Waals surface area contributed by atoms with Crippen LogP contribution in [0.3, 0.4) is 0 Å². The highest BCUT2D eigenvalue weighted by molar-refractivity contribution is 5.86. The van der Waals surface area contributed by atoms with E-state index < -0.39 is 0 Å².